The van der Waals surface area contributed by atoms with Gasteiger partial charge in [0.25, 0.3) is 0 Å². The number of amides is 1. The minimum Gasteiger partial charge on any atom is -0.481 e. The van der Waals surface area contributed by atoms with Crippen LogP contribution in [0.3, 0.4) is 0 Å². The second-order valence-corrected chi connectivity index (χ2v) is 11.6. The van der Waals surface area contributed by atoms with Crippen molar-refractivity contribution < 1.29 is 38.8 Å². The summed E-state index contributed by atoms with van der Waals surface area (Å²) < 4.78 is 18.6. The number of nitrogens with one attached hydrogen (secondary N) is 1. The highest BCUT2D eigenvalue weighted by Crippen LogP contribution is 2.39. The van der Waals surface area contributed by atoms with Crippen LogP contribution < -0.4 is 5.32 Å². The third kappa shape index (κ3) is 8.84. The molecule has 3 N–H and O–H groups in total. The van der Waals surface area contributed by atoms with Crippen molar-refractivity contribution in [2.45, 2.75) is 89.6 Å². The lowest BCUT2D eigenvalue weighted by Gasteiger charge is -2.38. The molecule has 222 valence electrons. The molecule has 2 aromatic carbocycles. The van der Waals surface area contributed by atoms with Gasteiger partial charge in [0.2, 0.25) is 5.91 Å². The highest BCUT2D eigenvalue weighted by Gasteiger charge is 2.39. The molecule has 0 spiro atoms. The molecular formula is C31H40N2O8. The number of carboxylic acid groups (broad SMARTS) is 1. The fraction of sp³-hybridized carbons (Fsp3) is 0.516. The number of aliphatic hydroxyl groups excluding tert-OH is 1. The maximum atomic E-state index is 12.9. The molecule has 10 nitrogen and oxygen atoms in total. The van der Waals surface area contributed by atoms with Gasteiger partial charge < -0.3 is 29.7 Å². The van der Waals surface area contributed by atoms with Gasteiger partial charge in [-0.05, 0) is 63.4 Å². The fourth-order valence-electron chi connectivity index (χ4n) is 5.18. The lowest BCUT2D eigenvalue weighted by molar-refractivity contribution is -0.253. The van der Waals surface area contributed by atoms with E-state index >= 15 is 0 Å². The number of aliphatic carboxylic acids is 1. The van der Waals surface area contributed by atoms with Gasteiger partial charge in [0.15, 0.2) is 6.29 Å². The van der Waals surface area contributed by atoms with Crippen LogP contribution in [0.4, 0.5) is 5.69 Å². The molecule has 4 unspecified atom stereocenters. The molecule has 2 aromatic rings. The standard InChI is InChI=1S/C31H40N2O8/c1-31(2,3)41-29(38)25-8-5-15-33(25)18-24-17-26(21-11-9-20(19-34)10-12-21)40-30(39-24)22-6-4-7-23(16-22)32-27(35)13-14-28(36)37/h4,6-7,9-12,16,24-26,30,34H,5,8,13-15,17-19H2,1-3H3,(H,32,35)(H,36,37). The molecule has 0 saturated carbocycles. The first-order valence-corrected chi connectivity index (χ1v) is 14.1. The van der Waals surface area contributed by atoms with Crippen molar-refractivity contribution in [3.63, 3.8) is 0 Å². The predicted molar refractivity (Wildman–Crippen MR) is 151 cm³/mol. The van der Waals surface area contributed by atoms with E-state index in [0.29, 0.717) is 24.2 Å². The topological polar surface area (TPSA) is 135 Å². The summed E-state index contributed by atoms with van der Waals surface area (Å²) in [7, 11) is 0. The molecular weight excluding hydrogens is 528 g/mol. The summed E-state index contributed by atoms with van der Waals surface area (Å²) in [5, 5.41) is 21.1. The normalized spacial score (nSPS) is 23.2. The van der Waals surface area contributed by atoms with Gasteiger partial charge in [-0.15, -0.1) is 0 Å². The Labute approximate surface area is 240 Å². The number of carbonyl (C=O) groups excluding carboxylic acids is 2. The third-order valence-electron chi connectivity index (χ3n) is 7.10. The SMILES string of the molecule is CC(C)(C)OC(=O)C1CCCN1CC1CC(c2ccc(CO)cc2)OC(c2cccc(NC(=O)CCC(=O)O)c2)O1. The molecule has 2 heterocycles. The Bertz CT molecular complexity index is 1210. The zero-order valence-electron chi connectivity index (χ0n) is 23.9. The molecule has 10 heteroatoms. The van der Waals surface area contributed by atoms with E-state index < -0.39 is 23.8 Å². The van der Waals surface area contributed by atoms with Crippen LogP contribution in [-0.4, -0.2) is 63.8 Å². The highest BCUT2D eigenvalue weighted by molar-refractivity contribution is 5.92. The number of benzene rings is 2. The van der Waals surface area contributed by atoms with Crippen LogP contribution in [0, 0.1) is 0 Å². The average molecular weight is 569 g/mol. The fourth-order valence-corrected chi connectivity index (χ4v) is 5.18. The van der Waals surface area contributed by atoms with E-state index in [4.69, 9.17) is 19.3 Å². The first-order chi connectivity index (χ1) is 19.5. The summed E-state index contributed by atoms with van der Waals surface area (Å²) in [6, 6.07) is 14.4. The van der Waals surface area contributed by atoms with E-state index in [1.165, 1.54) is 0 Å². The Balaban J connectivity index is 1.53. The van der Waals surface area contributed by atoms with Crippen molar-refractivity contribution in [1.82, 2.24) is 4.90 Å². The Morgan fingerprint density at radius 2 is 1.80 bits per heavy atom. The first-order valence-electron chi connectivity index (χ1n) is 14.1. The molecule has 0 bridgehead atoms. The molecule has 2 aliphatic heterocycles. The first kappa shape index (κ1) is 30.6. The van der Waals surface area contributed by atoms with Crippen LogP contribution in [0.25, 0.3) is 0 Å². The van der Waals surface area contributed by atoms with E-state index in [1.54, 1.807) is 18.2 Å². The summed E-state index contributed by atoms with van der Waals surface area (Å²) in [5.41, 5.74) is 2.40. The van der Waals surface area contributed by atoms with Crippen LogP contribution in [0.1, 0.15) is 82.0 Å². The number of hydrogen-bond acceptors (Lipinski definition) is 8. The lowest BCUT2D eigenvalue weighted by Crippen LogP contribution is -2.45. The summed E-state index contributed by atoms with van der Waals surface area (Å²) in [5.74, 6) is -1.65. The summed E-state index contributed by atoms with van der Waals surface area (Å²) >= 11 is 0. The van der Waals surface area contributed by atoms with E-state index in [-0.39, 0.29) is 43.7 Å². The van der Waals surface area contributed by atoms with Gasteiger partial charge >= 0.3 is 11.9 Å². The maximum absolute atomic E-state index is 12.9. The van der Waals surface area contributed by atoms with Crippen LogP contribution in [0.2, 0.25) is 0 Å². The molecule has 1 amide bonds. The van der Waals surface area contributed by atoms with Gasteiger partial charge in [-0.2, -0.15) is 0 Å². The van der Waals surface area contributed by atoms with Gasteiger partial charge in [-0.25, -0.2) is 0 Å². The second kappa shape index (κ2) is 13.6. The predicted octanol–water partition coefficient (Wildman–Crippen LogP) is 4.33. The quantitative estimate of drug-likeness (QED) is 0.358. The van der Waals surface area contributed by atoms with Crippen molar-refractivity contribution in [2.24, 2.45) is 0 Å². The van der Waals surface area contributed by atoms with Crippen molar-refractivity contribution in [3.8, 4) is 0 Å². The van der Waals surface area contributed by atoms with E-state index in [0.717, 1.165) is 30.5 Å². The van der Waals surface area contributed by atoms with Crippen molar-refractivity contribution in [1.29, 1.82) is 0 Å². The Hall–Kier alpha value is -3.31. The van der Waals surface area contributed by atoms with E-state index in [9.17, 15) is 19.5 Å². The Morgan fingerprint density at radius 1 is 1.05 bits per heavy atom. The largest absolute Gasteiger partial charge is 0.481 e. The smallest absolute Gasteiger partial charge is 0.323 e. The number of rotatable bonds is 10. The van der Waals surface area contributed by atoms with Gasteiger partial charge in [0, 0.05) is 30.6 Å². The van der Waals surface area contributed by atoms with E-state index in [1.807, 2.05) is 51.1 Å². The van der Waals surface area contributed by atoms with Crippen molar-refractivity contribution >= 4 is 23.5 Å². The van der Waals surface area contributed by atoms with E-state index in [2.05, 4.69) is 10.2 Å². The number of ether oxygens (including phenoxy) is 3. The number of carbonyl (C=O) groups is 3. The molecule has 2 saturated heterocycles. The zero-order chi connectivity index (χ0) is 29.6. The number of aliphatic hydroxyl groups is 1. The van der Waals surface area contributed by atoms with Gasteiger partial charge in [0.05, 0.1) is 25.2 Å². The summed E-state index contributed by atoms with van der Waals surface area (Å²) in [6.07, 6.45) is 0.519. The number of carboxylic acids is 1. The molecule has 2 aliphatic rings. The second-order valence-electron chi connectivity index (χ2n) is 11.6. The molecule has 41 heavy (non-hydrogen) atoms. The maximum Gasteiger partial charge on any atom is 0.323 e. The summed E-state index contributed by atoms with van der Waals surface area (Å²) in [4.78, 5) is 38.1. The monoisotopic (exact) mass is 568 g/mol. The highest BCUT2D eigenvalue weighted by atomic mass is 16.7. The van der Waals surface area contributed by atoms with Gasteiger partial charge in [-0.3, -0.25) is 19.3 Å². The molecule has 0 radical (unpaired) electrons. The molecule has 0 aliphatic carbocycles. The zero-order valence-corrected chi connectivity index (χ0v) is 23.9. The number of anilines is 1. The average Bonchev–Trinajstić information content (AvgIpc) is 3.39. The van der Waals surface area contributed by atoms with Crippen molar-refractivity contribution in [2.75, 3.05) is 18.4 Å². The molecule has 4 rings (SSSR count). The van der Waals surface area contributed by atoms with Crippen LogP contribution in [0.15, 0.2) is 48.5 Å². The minimum atomic E-state index is -1.03. The minimum absolute atomic E-state index is 0.0494. The lowest BCUT2D eigenvalue weighted by atomic mass is 9.99. The van der Waals surface area contributed by atoms with Crippen molar-refractivity contribution in [3.05, 3.63) is 65.2 Å². The Morgan fingerprint density at radius 3 is 2.49 bits per heavy atom. The Kier molecular flexibility index (Phi) is 10.1. The third-order valence-corrected chi connectivity index (χ3v) is 7.10. The van der Waals surface area contributed by atoms with Crippen LogP contribution in [0.5, 0.6) is 0 Å². The summed E-state index contributed by atoms with van der Waals surface area (Å²) in [6.45, 7) is 6.85. The van der Waals surface area contributed by atoms with Crippen LogP contribution in [-0.2, 0) is 35.2 Å². The molecule has 4 atom stereocenters. The molecule has 0 aromatic heterocycles. The number of likely N-dealkylation sites (tertiary alicyclic amines) is 1. The molecule has 2 fully saturated rings. The number of hydrogen-bond donors (Lipinski definition) is 3. The number of nitrogens with zero attached hydrogens (tertiary/aromatic N) is 1. The van der Waals surface area contributed by atoms with Gasteiger partial charge in [0.1, 0.15) is 11.6 Å². The van der Waals surface area contributed by atoms with Gasteiger partial charge in [-0.1, -0.05) is 36.4 Å². The van der Waals surface area contributed by atoms with Crippen LogP contribution >= 0.6 is 0 Å². The number of esters is 1.